The number of aliphatic hydroxyl groups excluding tert-OH is 5. The van der Waals surface area contributed by atoms with E-state index in [0.717, 1.165) is 0 Å². The minimum absolute atomic E-state index is 0.170. The number of Topliss-reactive ketones (excluding diaryl/α,β-unsaturated/α-hetero) is 3. The number of hydrogen-bond acceptors (Lipinski definition) is 22. The molecule has 10 N–H and O–H groups in total. The molecule has 23 nitrogen and oxygen atoms in total. The van der Waals surface area contributed by atoms with Crippen molar-refractivity contribution in [1.29, 1.82) is 0 Å². The van der Waals surface area contributed by atoms with Crippen LogP contribution in [0.4, 0.5) is 0 Å². The maximum Gasteiger partial charge on any atom is 0.311 e. The summed E-state index contributed by atoms with van der Waals surface area (Å²) in [5.74, 6) is -11.6. The Balaban J connectivity index is 0.000000250. The van der Waals surface area contributed by atoms with Crippen LogP contribution in [0.5, 0.6) is 5.75 Å². The van der Waals surface area contributed by atoms with Crippen molar-refractivity contribution in [3.8, 4) is 5.75 Å². The standard InChI is InChI=1S/C35H61NO12.C22H24N2O8/c1-16-14-35(15-43-35)32(40)19(4)27(37)18(3)22(7)46-33(41)21(6)31(47-26-13-25(42-11)28(38)23(8)45-26)20(5)30(16)48-34-29(39)24(36(9)10)12-17(2)44-34;1-21(31)8-5-4-6-11(25)12(8)16(26)13-9(21)7-10-15(24(2)3)17(27)14(20(23)30)19(29)22(10,32)18(13)28/h16-31,34,37-39H,12-15H2,1-11H3;4-6,9-10,15,25-26,29,31-32H,7H2,1-3H3,(H2,23,30)/t16-,17-,18+,19-,20-,21-,22-,23+,24+,25+,26+,27+,28+,29-,30+,31+,34+,35-;9-,10-,15-,21+,22-/m10/s1. The van der Waals surface area contributed by atoms with Crippen LogP contribution in [0.3, 0.4) is 0 Å². The van der Waals surface area contributed by atoms with E-state index in [1.54, 1.807) is 34.6 Å². The molecule has 0 bridgehead atoms. The first kappa shape index (κ1) is 63.1. The monoisotopic (exact) mass is 1130 g/mol. The molecule has 0 unspecified atom stereocenters. The van der Waals surface area contributed by atoms with Crippen LogP contribution in [0, 0.1) is 41.4 Å². The van der Waals surface area contributed by atoms with E-state index in [9.17, 15) is 64.8 Å². The molecule has 4 heterocycles. The van der Waals surface area contributed by atoms with Crippen LogP contribution in [0.15, 0.2) is 35.1 Å². The number of phenols is 1. The largest absolute Gasteiger partial charge is 0.508 e. The molecule has 448 valence electrons. The number of likely N-dealkylation sites (N-methyl/N-ethyl adjacent to an activating group) is 2. The second kappa shape index (κ2) is 23.7. The summed E-state index contributed by atoms with van der Waals surface area (Å²) in [4.78, 5) is 69.7. The van der Waals surface area contributed by atoms with Crippen LogP contribution < -0.4 is 5.73 Å². The van der Waals surface area contributed by atoms with Crippen molar-refractivity contribution in [3.63, 3.8) is 0 Å². The van der Waals surface area contributed by atoms with E-state index in [4.69, 9.17) is 38.9 Å². The number of ether oxygens (including phenoxy) is 7. The Morgan fingerprint density at radius 3 is 2.00 bits per heavy atom. The van der Waals surface area contributed by atoms with Gasteiger partial charge in [-0.3, -0.25) is 28.9 Å². The normalized spacial score (nSPS) is 43.7. The zero-order valence-electron chi connectivity index (χ0n) is 48.3. The number of aliphatic hydroxyl groups is 7. The van der Waals surface area contributed by atoms with Crippen molar-refractivity contribution in [1.82, 2.24) is 9.80 Å². The highest BCUT2D eigenvalue weighted by atomic mass is 16.7. The number of primary amides is 1. The average Bonchev–Trinajstić information content (AvgIpc) is 3.13. The van der Waals surface area contributed by atoms with Crippen molar-refractivity contribution < 1.29 is 98.0 Å². The molecule has 1 aromatic carbocycles. The number of ketones is 3. The molecular formula is C57H85N3O20. The quantitative estimate of drug-likeness (QED) is 0.101. The van der Waals surface area contributed by atoms with Crippen LogP contribution in [0.1, 0.15) is 99.1 Å². The molecule has 23 heteroatoms. The molecule has 5 fully saturated rings. The summed E-state index contributed by atoms with van der Waals surface area (Å²) in [6, 6.07) is 2.80. The maximum absolute atomic E-state index is 13.9. The van der Waals surface area contributed by atoms with Crippen LogP contribution in [0.25, 0.3) is 5.76 Å². The second-order valence-electron chi connectivity index (χ2n) is 24.3. The van der Waals surface area contributed by atoms with Gasteiger partial charge in [-0.25, -0.2) is 0 Å². The number of carbonyl (C=O) groups is 5. The molecule has 0 aromatic heterocycles. The molecule has 7 aliphatic rings. The van der Waals surface area contributed by atoms with Gasteiger partial charge in [-0.05, 0) is 99.6 Å². The smallest absolute Gasteiger partial charge is 0.311 e. The fourth-order valence-electron chi connectivity index (χ4n) is 13.4. The predicted octanol–water partition coefficient (Wildman–Crippen LogP) is 1.54. The first-order chi connectivity index (χ1) is 37.2. The van der Waals surface area contributed by atoms with Gasteiger partial charge in [0, 0.05) is 54.7 Å². The number of fused-ring (bicyclic) bond motifs is 3. The van der Waals surface area contributed by atoms with E-state index in [-0.39, 0.29) is 60.8 Å². The van der Waals surface area contributed by atoms with E-state index in [2.05, 4.69) is 0 Å². The number of nitrogens with two attached hydrogens (primary N) is 1. The second-order valence-corrected chi connectivity index (χ2v) is 24.3. The fourth-order valence-corrected chi connectivity index (χ4v) is 13.4. The van der Waals surface area contributed by atoms with Gasteiger partial charge < -0.3 is 84.6 Å². The van der Waals surface area contributed by atoms with E-state index in [1.165, 1.54) is 51.2 Å². The molecule has 1 spiro atoms. The lowest BCUT2D eigenvalue weighted by molar-refractivity contribution is -0.299. The van der Waals surface area contributed by atoms with Gasteiger partial charge in [-0.2, -0.15) is 0 Å². The summed E-state index contributed by atoms with van der Waals surface area (Å²) in [6.45, 7) is 16.1. The number of aromatic hydroxyl groups is 1. The summed E-state index contributed by atoms with van der Waals surface area (Å²) in [6.07, 6.45) is -7.35. The Morgan fingerprint density at radius 1 is 0.787 bits per heavy atom. The van der Waals surface area contributed by atoms with Gasteiger partial charge >= 0.3 is 5.97 Å². The average molecular weight is 1130 g/mol. The summed E-state index contributed by atoms with van der Waals surface area (Å²) in [5.41, 5.74) is -1.64. The maximum atomic E-state index is 13.9. The topological polar surface area (TPSA) is 348 Å². The number of carbonyl (C=O) groups excluding carboxylic acids is 5. The zero-order valence-corrected chi connectivity index (χ0v) is 48.3. The molecule has 1 saturated carbocycles. The molecule has 4 aliphatic heterocycles. The lowest BCUT2D eigenvalue weighted by Gasteiger charge is -2.53. The molecule has 3 aliphatic carbocycles. The lowest BCUT2D eigenvalue weighted by atomic mass is 9.54. The highest BCUT2D eigenvalue weighted by Crippen LogP contribution is 2.57. The minimum atomic E-state index is -2.75. The number of benzene rings is 1. The SMILES string of the molecule is CN(C)[C@@H]1C(=O)C(C(N)=O)=C(O)[C@@]2(O)C(=O)C3=C(O)c4c(O)cccc4[C@@](C)(O)[C@H]3C[C@@H]12.CO[C@H]1C[C@H](O[C@H]2[C@H](C)[C@@H](O[C@@H]3O[C@H](C)C[C@H](N(C)C)[C@H]3O)[C@H](C)C[C@@]3(CO3)C(=O)[C@H](C)[C@@H](O)[C@@H](C)[C@@H](C)OC(=O)[C@@H]2C)O[C@@H](C)[C@@H]1O. The Labute approximate surface area is 466 Å². The van der Waals surface area contributed by atoms with Crippen molar-refractivity contribution in [3.05, 3.63) is 46.2 Å². The number of nitrogens with zero attached hydrogens (tertiary/aromatic N) is 2. The Kier molecular flexibility index (Phi) is 18.7. The third-order valence-corrected chi connectivity index (χ3v) is 18.4. The van der Waals surface area contributed by atoms with Crippen LogP contribution >= 0.6 is 0 Å². The van der Waals surface area contributed by atoms with E-state index in [1.807, 2.05) is 39.8 Å². The molecular weight excluding hydrogens is 1050 g/mol. The van der Waals surface area contributed by atoms with Gasteiger partial charge in [0.2, 0.25) is 5.78 Å². The molecule has 23 atom stereocenters. The Hall–Kier alpha value is -4.47. The van der Waals surface area contributed by atoms with Gasteiger partial charge in [0.1, 0.15) is 41.2 Å². The number of cyclic esters (lactones) is 1. The number of rotatable bonds is 8. The number of amides is 1. The van der Waals surface area contributed by atoms with Gasteiger partial charge in [0.25, 0.3) is 5.91 Å². The number of methoxy groups -OCH3 is 1. The van der Waals surface area contributed by atoms with Crippen LogP contribution in [-0.2, 0) is 62.7 Å². The highest BCUT2D eigenvalue weighted by Gasteiger charge is 2.67. The van der Waals surface area contributed by atoms with Gasteiger partial charge in [0.05, 0.1) is 66.4 Å². The first-order valence-corrected chi connectivity index (χ1v) is 27.6. The molecule has 4 saturated heterocycles. The lowest BCUT2D eigenvalue weighted by Crippen LogP contribution is -2.67. The summed E-state index contributed by atoms with van der Waals surface area (Å²) in [7, 11) is 8.33. The van der Waals surface area contributed by atoms with E-state index < -0.39 is 172 Å². The Bertz CT molecular complexity index is 2580. The number of epoxide rings is 1. The fraction of sp³-hybridized carbons (Fsp3) is 0.737. The molecule has 0 radical (unpaired) electrons. The Morgan fingerprint density at radius 2 is 1.43 bits per heavy atom. The van der Waals surface area contributed by atoms with Gasteiger partial charge in [0.15, 0.2) is 35.3 Å². The highest BCUT2D eigenvalue weighted by molar-refractivity contribution is 6.24. The first-order valence-electron chi connectivity index (χ1n) is 27.6. The van der Waals surface area contributed by atoms with Crippen LogP contribution in [-0.4, -0.2) is 213 Å². The number of phenolic OH excluding ortho intramolecular Hbond substituents is 1. The van der Waals surface area contributed by atoms with Crippen molar-refractivity contribution in [2.45, 2.75) is 184 Å². The third kappa shape index (κ3) is 11.2. The predicted molar refractivity (Wildman–Crippen MR) is 284 cm³/mol. The minimum Gasteiger partial charge on any atom is -0.508 e. The van der Waals surface area contributed by atoms with E-state index >= 15 is 0 Å². The zero-order chi connectivity index (χ0) is 59.7. The molecule has 80 heavy (non-hydrogen) atoms. The summed E-state index contributed by atoms with van der Waals surface area (Å²) in [5, 5.41) is 88.2. The van der Waals surface area contributed by atoms with Crippen molar-refractivity contribution >= 4 is 35.0 Å². The summed E-state index contributed by atoms with van der Waals surface area (Å²) >= 11 is 0. The van der Waals surface area contributed by atoms with Gasteiger partial charge in [-0.1, -0.05) is 39.8 Å². The van der Waals surface area contributed by atoms with Crippen molar-refractivity contribution in [2.75, 3.05) is 41.9 Å². The number of hydrogen-bond donors (Lipinski definition) is 9. The third-order valence-electron chi connectivity index (χ3n) is 18.4. The molecule has 1 amide bonds. The number of esters is 1. The van der Waals surface area contributed by atoms with Gasteiger partial charge in [-0.15, -0.1) is 0 Å². The molecule has 8 rings (SSSR count). The van der Waals surface area contributed by atoms with E-state index in [0.29, 0.717) is 6.42 Å². The van der Waals surface area contributed by atoms with Crippen molar-refractivity contribution in [2.24, 2.45) is 47.2 Å². The summed E-state index contributed by atoms with van der Waals surface area (Å²) < 4.78 is 43.0. The molecule has 1 aromatic rings. The van der Waals surface area contributed by atoms with Crippen LogP contribution in [0.2, 0.25) is 0 Å².